The van der Waals surface area contributed by atoms with Crippen LogP contribution in [0.5, 0.6) is 0 Å². The maximum absolute atomic E-state index is 14.4. The number of hydrogen-bond donors (Lipinski definition) is 3. The number of Topliss-reactive ketones (excluding diaryl/α,β-unsaturated/α-hetero) is 1. The van der Waals surface area contributed by atoms with Crippen LogP contribution < -0.4 is 11.1 Å². The van der Waals surface area contributed by atoms with Crippen LogP contribution in [-0.4, -0.2) is 83.7 Å². The number of carbonyl (C=O) groups is 5. The molecule has 1 unspecified atom stereocenters. The van der Waals surface area contributed by atoms with Crippen LogP contribution in [0.25, 0.3) is 10.8 Å². The Morgan fingerprint density at radius 2 is 1.79 bits per heavy atom. The van der Waals surface area contributed by atoms with E-state index in [4.69, 9.17) is 5.73 Å². The molecule has 4 N–H and O–H groups in total. The molecule has 1 saturated carbocycles. The number of benzene rings is 1. The number of pyridine rings is 1. The minimum atomic E-state index is -1.33. The highest BCUT2D eigenvalue weighted by atomic mass is 16.3. The molecule has 5 rings (SSSR count). The van der Waals surface area contributed by atoms with E-state index in [-0.39, 0.29) is 36.7 Å². The van der Waals surface area contributed by atoms with Gasteiger partial charge in [-0.1, -0.05) is 61.6 Å². The van der Waals surface area contributed by atoms with Crippen LogP contribution in [0.3, 0.4) is 0 Å². The van der Waals surface area contributed by atoms with Gasteiger partial charge in [0.1, 0.15) is 23.0 Å². The minimum Gasteiger partial charge on any atom is -0.384 e. The van der Waals surface area contributed by atoms with Crippen LogP contribution in [0, 0.1) is 5.92 Å². The van der Waals surface area contributed by atoms with Crippen molar-refractivity contribution < 1.29 is 29.1 Å². The average molecular weight is 645 g/mol. The molecule has 1 aromatic carbocycles. The molecule has 3 aromatic rings. The molecule has 2 fully saturated rings. The number of nitrogens with two attached hydrogens (primary N) is 1. The standard InChI is InChI=1S/C33H40N8O6/c1-19(28(42)29(34)43)37-31(45)26-15-23(41-27(17-36-39-41)33(2,3)47)18-40(26)32(46)25(13-20-9-5-4-6-10-20)38-30(44)24-14-21-11-7-8-12-22(21)16-35-24/h7-8,11-12,14,16-17,19-20,23,26,47H,4-6,9-10,13,15,18H2,1-3H3,(H2,34,43)(H,37,45)/b38-25+/t19?,23-,26-/m0/s1. The van der Waals surface area contributed by atoms with E-state index in [1.54, 1.807) is 26.1 Å². The molecule has 248 valence electrons. The van der Waals surface area contributed by atoms with Crippen molar-refractivity contribution in [3.05, 3.63) is 54.1 Å². The van der Waals surface area contributed by atoms with Gasteiger partial charge >= 0.3 is 0 Å². The molecule has 0 radical (unpaired) electrons. The van der Waals surface area contributed by atoms with Crippen molar-refractivity contribution in [3.63, 3.8) is 0 Å². The van der Waals surface area contributed by atoms with Gasteiger partial charge in [0.2, 0.25) is 11.7 Å². The fourth-order valence-corrected chi connectivity index (χ4v) is 6.40. The fourth-order valence-electron chi connectivity index (χ4n) is 6.40. The normalized spacial score (nSPS) is 19.8. The maximum Gasteiger partial charge on any atom is 0.295 e. The number of amides is 4. The van der Waals surface area contributed by atoms with Crippen molar-refractivity contribution in [1.29, 1.82) is 0 Å². The number of primary amides is 1. The quantitative estimate of drug-likeness (QED) is 0.218. The summed E-state index contributed by atoms with van der Waals surface area (Å²) in [4.78, 5) is 75.3. The van der Waals surface area contributed by atoms with E-state index in [9.17, 15) is 29.1 Å². The first-order valence-electron chi connectivity index (χ1n) is 15.9. The lowest BCUT2D eigenvalue weighted by molar-refractivity contribution is -0.139. The molecular formula is C33H40N8O6. The zero-order valence-corrected chi connectivity index (χ0v) is 26.8. The molecule has 0 spiro atoms. The van der Waals surface area contributed by atoms with Gasteiger partial charge in [0, 0.05) is 24.5 Å². The zero-order chi connectivity index (χ0) is 33.9. The summed E-state index contributed by atoms with van der Waals surface area (Å²) in [7, 11) is 0. The van der Waals surface area contributed by atoms with Crippen molar-refractivity contribution in [2.45, 2.75) is 89.4 Å². The molecule has 1 aliphatic carbocycles. The largest absolute Gasteiger partial charge is 0.384 e. The second-order valence-electron chi connectivity index (χ2n) is 12.9. The zero-order valence-electron chi connectivity index (χ0n) is 26.8. The predicted molar refractivity (Wildman–Crippen MR) is 171 cm³/mol. The van der Waals surface area contributed by atoms with E-state index in [1.807, 2.05) is 24.3 Å². The van der Waals surface area contributed by atoms with Gasteiger partial charge in [-0.2, -0.15) is 0 Å². The van der Waals surface area contributed by atoms with Crippen molar-refractivity contribution in [2.75, 3.05) is 6.54 Å². The van der Waals surface area contributed by atoms with E-state index in [1.165, 1.54) is 22.7 Å². The molecule has 4 amide bonds. The minimum absolute atomic E-state index is 0.0119. The van der Waals surface area contributed by atoms with Gasteiger partial charge in [-0.25, -0.2) is 9.67 Å². The first-order valence-corrected chi connectivity index (χ1v) is 15.9. The van der Waals surface area contributed by atoms with Gasteiger partial charge in [0.05, 0.1) is 24.0 Å². The number of aliphatic hydroxyl groups is 1. The van der Waals surface area contributed by atoms with Crippen molar-refractivity contribution >= 4 is 45.9 Å². The molecule has 2 aromatic heterocycles. The third-order valence-electron chi connectivity index (χ3n) is 8.93. The van der Waals surface area contributed by atoms with Crippen molar-refractivity contribution in [3.8, 4) is 0 Å². The molecule has 14 nitrogen and oxygen atoms in total. The molecule has 14 heteroatoms. The number of ketones is 1. The van der Waals surface area contributed by atoms with Crippen LogP contribution in [0.2, 0.25) is 0 Å². The summed E-state index contributed by atoms with van der Waals surface area (Å²) in [5.41, 5.74) is 4.29. The smallest absolute Gasteiger partial charge is 0.295 e. The second-order valence-corrected chi connectivity index (χ2v) is 12.9. The molecule has 1 saturated heterocycles. The number of nitrogens with one attached hydrogen (secondary N) is 1. The van der Waals surface area contributed by atoms with E-state index >= 15 is 0 Å². The predicted octanol–water partition coefficient (Wildman–Crippen LogP) is 2.01. The summed E-state index contributed by atoms with van der Waals surface area (Å²) in [6.45, 7) is 4.46. The highest BCUT2D eigenvalue weighted by molar-refractivity contribution is 6.41. The Labute approximate surface area is 271 Å². The lowest BCUT2D eigenvalue weighted by Crippen LogP contribution is -2.52. The van der Waals surface area contributed by atoms with Gasteiger partial charge in [-0.15, -0.1) is 5.10 Å². The molecule has 3 atom stereocenters. The van der Waals surface area contributed by atoms with Crippen molar-refractivity contribution in [2.24, 2.45) is 16.6 Å². The number of aromatic nitrogens is 4. The van der Waals surface area contributed by atoms with E-state index in [2.05, 4.69) is 25.6 Å². The first kappa shape index (κ1) is 33.5. The van der Waals surface area contributed by atoms with Crippen molar-refractivity contribution in [1.82, 2.24) is 30.2 Å². The number of hydrogen-bond acceptors (Lipinski definition) is 9. The lowest BCUT2D eigenvalue weighted by Gasteiger charge is -2.27. The Bertz CT molecular complexity index is 1720. The number of fused-ring (bicyclic) bond motifs is 1. The Morgan fingerprint density at radius 1 is 1.09 bits per heavy atom. The lowest BCUT2D eigenvalue weighted by atomic mass is 9.85. The third-order valence-corrected chi connectivity index (χ3v) is 8.93. The summed E-state index contributed by atoms with van der Waals surface area (Å²) in [5.74, 6) is -4.03. The SMILES string of the molecule is CC(NC(=O)[C@@H]1C[C@H](n2nncc2C(C)(C)O)CN1C(=O)/C(CC1CCCCC1)=N/C(=O)c1cc2ccccc2cn1)C(=O)C(N)=O. The summed E-state index contributed by atoms with van der Waals surface area (Å²) >= 11 is 0. The van der Waals surface area contributed by atoms with Crippen LogP contribution in [0.15, 0.2) is 47.7 Å². The highest BCUT2D eigenvalue weighted by Crippen LogP contribution is 2.33. The molecule has 3 heterocycles. The number of likely N-dealkylation sites (tertiary alicyclic amines) is 1. The maximum atomic E-state index is 14.4. The average Bonchev–Trinajstić information content (AvgIpc) is 3.72. The summed E-state index contributed by atoms with van der Waals surface area (Å²) in [5, 5.41) is 23.0. The van der Waals surface area contributed by atoms with Gasteiger partial charge in [0.15, 0.2) is 0 Å². The molecule has 2 aliphatic rings. The number of rotatable bonds is 10. The number of carbonyl (C=O) groups excluding carboxylic acids is 5. The van der Waals surface area contributed by atoms with E-state index in [0.717, 1.165) is 42.9 Å². The fraction of sp³-hybridized carbons (Fsp3) is 0.485. The molecule has 0 bridgehead atoms. The second kappa shape index (κ2) is 13.9. The van der Waals surface area contributed by atoms with Crippen LogP contribution in [0.4, 0.5) is 0 Å². The van der Waals surface area contributed by atoms with Gasteiger partial charge < -0.3 is 21.1 Å². The van der Waals surface area contributed by atoms with E-state index in [0.29, 0.717) is 5.69 Å². The Balaban J connectivity index is 1.50. The van der Waals surface area contributed by atoms with Gasteiger partial charge in [-0.05, 0) is 44.6 Å². The summed E-state index contributed by atoms with van der Waals surface area (Å²) in [6.07, 6.45) is 8.14. The monoisotopic (exact) mass is 644 g/mol. The van der Waals surface area contributed by atoms with E-state index < -0.39 is 53.1 Å². The molecule has 1 aliphatic heterocycles. The third kappa shape index (κ3) is 7.59. The summed E-state index contributed by atoms with van der Waals surface area (Å²) < 4.78 is 1.48. The Kier molecular flexibility index (Phi) is 9.89. The van der Waals surface area contributed by atoms with Crippen LogP contribution >= 0.6 is 0 Å². The van der Waals surface area contributed by atoms with Gasteiger partial charge in [-0.3, -0.25) is 29.0 Å². The highest BCUT2D eigenvalue weighted by Gasteiger charge is 2.44. The Hall–Kier alpha value is -4.85. The van der Waals surface area contributed by atoms with Gasteiger partial charge in [0.25, 0.3) is 17.7 Å². The molecule has 47 heavy (non-hydrogen) atoms. The number of aliphatic imine (C=N–C) groups is 1. The van der Waals surface area contributed by atoms with Crippen LogP contribution in [0.1, 0.15) is 87.9 Å². The Morgan fingerprint density at radius 3 is 2.47 bits per heavy atom. The molecular weight excluding hydrogens is 604 g/mol. The topological polar surface area (TPSA) is 203 Å². The first-order chi connectivity index (χ1) is 22.3. The summed E-state index contributed by atoms with van der Waals surface area (Å²) in [6, 6.07) is 6.14. The van der Waals surface area contributed by atoms with Crippen LogP contribution in [-0.2, 0) is 24.8 Å². The number of nitrogens with zero attached hydrogens (tertiary/aromatic N) is 6.